The van der Waals surface area contributed by atoms with Crippen molar-refractivity contribution in [2.75, 3.05) is 31.1 Å². The monoisotopic (exact) mass is 342 g/mol. The first kappa shape index (κ1) is 15.0. The molecule has 1 aliphatic rings. The van der Waals surface area contributed by atoms with E-state index in [0.29, 0.717) is 18.7 Å². The highest BCUT2D eigenvalue weighted by atomic mass is 32.1. The molecule has 0 spiro atoms. The Labute approximate surface area is 142 Å². The summed E-state index contributed by atoms with van der Waals surface area (Å²) in [4.78, 5) is 25.0. The highest BCUT2D eigenvalue weighted by Crippen LogP contribution is 2.30. The molecule has 0 N–H and O–H groups in total. The maximum absolute atomic E-state index is 13.3. The van der Waals surface area contributed by atoms with Gasteiger partial charge in [-0.15, -0.1) is 0 Å². The molecule has 0 saturated carbocycles. The van der Waals surface area contributed by atoms with Crippen molar-refractivity contribution >= 4 is 32.6 Å². The number of carbonyl (C=O) groups excluding carboxylic acids is 1. The van der Waals surface area contributed by atoms with E-state index in [-0.39, 0.29) is 11.7 Å². The second kappa shape index (κ2) is 6.16. The summed E-state index contributed by atoms with van der Waals surface area (Å²) in [5.41, 5.74) is 1.47. The van der Waals surface area contributed by atoms with Gasteiger partial charge in [0.05, 0.1) is 10.2 Å². The molecule has 0 radical (unpaired) electrons. The molecule has 7 heteroatoms. The maximum atomic E-state index is 13.3. The van der Waals surface area contributed by atoms with Crippen LogP contribution in [0.3, 0.4) is 0 Å². The number of benzene rings is 1. The van der Waals surface area contributed by atoms with Crippen molar-refractivity contribution < 1.29 is 9.18 Å². The number of nitrogens with zero attached hydrogens (tertiary/aromatic N) is 4. The summed E-state index contributed by atoms with van der Waals surface area (Å²) >= 11 is 1.49. The standard InChI is InChI=1S/C17H15FN4OS/c18-13-1-2-14-15(11-13)24-17(20-14)22-9-7-21(8-10-22)16(23)12-3-5-19-6-4-12/h1-6,11H,7-10H2. The number of halogens is 1. The molecule has 2 aromatic heterocycles. The van der Waals surface area contributed by atoms with Gasteiger partial charge < -0.3 is 9.80 Å². The van der Waals surface area contributed by atoms with Crippen LogP contribution in [-0.4, -0.2) is 47.0 Å². The number of pyridine rings is 1. The first-order chi connectivity index (χ1) is 11.7. The predicted octanol–water partition coefficient (Wildman–Crippen LogP) is 2.79. The van der Waals surface area contributed by atoms with E-state index in [9.17, 15) is 9.18 Å². The molecule has 1 aliphatic heterocycles. The number of aromatic nitrogens is 2. The Morgan fingerprint density at radius 1 is 1.08 bits per heavy atom. The van der Waals surface area contributed by atoms with Crippen LogP contribution in [0.25, 0.3) is 10.2 Å². The van der Waals surface area contributed by atoms with Gasteiger partial charge in [0.25, 0.3) is 5.91 Å². The Kier molecular flexibility index (Phi) is 3.86. The molecule has 1 aromatic carbocycles. The lowest BCUT2D eigenvalue weighted by Gasteiger charge is -2.34. The van der Waals surface area contributed by atoms with Crippen LogP contribution in [0.15, 0.2) is 42.7 Å². The van der Waals surface area contributed by atoms with E-state index in [1.165, 1.54) is 23.5 Å². The van der Waals surface area contributed by atoms with Crippen LogP contribution >= 0.6 is 11.3 Å². The van der Waals surface area contributed by atoms with E-state index in [1.807, 2.05) is 4.90 Å². The Morgan fingerprint density at radius 2 is 1.83 bits per heavy atom. The van der Waals surface area contributed by atoms with Crippen molar-refractivity contribution in [3.05, 3.63) is 54.1 Å². The van der Waals surface area contributed by atoms with Crippen molar-refractivity contribution in [3.63, 3.8) is 0 Å². The van der Waals surface area contributed by atoms with Crippen LogP contribution in [-0.2, 0) is 0 Å². The van der Waals surface area contributed by atoms with Crippen molar-refractivity contribution in [1.82, 2.24) is 14.9 Å². The molecule has 0 unspecified atom stereocenters. The van der Waals surface area contributed by atoms with Gasteiger partial charge in [-0.2, -0.15) is 0 Å². The van der Waals surface area contributed by atoms with Gasteiger partial charge in [0, 0.05) is 44.1 Å². The predicted molar refractivity (Wildman–Crippen MR) is 91.9 cm³/mol. The van der Waals surface area contributed by atoms with Crippen LogP contribution in [0.1, 0.15) is 10.4 Å². The second-order valence-corrected chi connectivity index (χ2v) is 6.63. The summed E-state index contributed by atoms with van der Waals surface area (Å²) in [6.07, 6.45) is 3.26. The number of piperazine rings is 1. The number of thiazole rings is 1. The first-order valence-electron chi connectivity index (χ1n) is 7.71. The van der Waals surface area contributed by atoms with Crippen LogP contribution in [0.2, 0.25) is 0 Å². The highest BCUT2D eigenvalue weighted by Gasteiger charge is 2.23. The zero-order chi connectivity index (χ0) is 16.5. The van der Waals surface area contributed by atoms with Gasteiger partial charge in [-0.05, 0) is 30.3 Å². The van der Waals surface area contributed by atoms with Gasteiger partial charge in [0.15, 0.2) is 5.13 Å². The number of carbonyl (C=O) groups is 1. The molecule has 24 heavy (non-hydrogen) atoms. The third-order valence-electron chi connectivity index (χ3n) is 4.10. The molecule has 3 heterocycles. The van der Waals surface area contributed by atoms with Gasteiger partial charge >= 0.3 is 0 Å². The van der Waals surface area contributed by atoms with Crippen LogP contribution in [0.5, 0.6) is 0 Å². The third-order valence-corrected chi connectivity index (χ3v) is 5.18. The topological polar surface area (TPSA) is 49.3 Å². The summed E-state index contributed by atoms with van der Waals surface area (Å²) in [5.74, 6) is -0.214. The fraction of sp³-hybridized carbons (Fsp3) is 0.235. The molecule has 0 aliphatic carbocycles. The molecule has 5 nitrogen and oxygen atoms in total. The molecule has 1 saturated heterocycles. The molecular weight excluding hydrogens is 327 g/mol. The van der Waals surface area contributed by atoms with Crippen molar-refractivity contribution in [1.29, 1.82) is 0 Å². The van der Waals surface area contributed by atoms with Gasteiger partial charge in [-0.25, -0.2) is 9.37 Å². The summed E-state index contributed by atoms with van der Waals surface area (Å²) in [6, 6.07) is 8.11. The van der Waals surface area contributed by atoms with E-state index in [0.717, 1.165) is 28.4 Å². The number of fused-ring (bicyclic) bond motifs is 1. The van der Waals surface area contributed by atoms with Gasteiger partial charge in [-0.3, -0.25) is 9.78 Å². The number of amides is 1. The second-order valence-electron chi connectivity index (χ2n) is 5.62. The fourth-order valence-corrected chi connectivity index (χ4v) is 3.84. The third kappa shape index (κ3) is 2.82. The molecule has 122 valence electrons. The molecule has 3 aromatic rings. The Bertz CT molecular complexity index is 875. The minimum absolute atomic E-state index is 0.0309. The number of rotatable bonds is 2. The summed E-state index contributed by atoms with van der Waals surface area (Å²) in [7, 11) is 0. The minimum atomic E-state index is -0.245. The van der Waals surface area contributed by atoms with Crippen LogP contribution in [0, 0.1) is 5.82 Å². The quantitative estimate of drug-likeness (QED) is 0.719. The number of hydrogen-bond acceptors (Lipinski definition) is 5. The molecule has 0 bridgehead atoms. The Balaban J connectivity index is 1.46. The Morgan fingerprint density at radius 3 is 2.58 bits per heavy atom. The average Bonchev–Trinajstić information content (AvgIpc) is 3.05. The average molecular weight is 342 g/mol. The van der Waals surface area contributed by atoms with E-state index in [2.05, 4.69) is 14.9 Å². The minimum Gasteiger partial charge on any atom is -0.345 e. The van der Waals surface area contributed by atoms with Crippen molar-refractivity contribution in [3.8, 4) is 0 Å². The maximum Gasteiger partial charge on any atom is 0.254 e. The number of hydrogen-bond donors (Lipinski definition) is 0. The zero-order valence-corrected chi connectivity index (χ0v) is 13.7. The van der Waals surface area contributed by atoms with Crippen LogP contribution in [0.4, 0.5) is 9.52 Å². The van der Waals surface area contributed by atoms with Gasteiger partial charge in [0.1, 0.15) is 5.82 Å². The lowest BCUT2D eigenvalue weighted by Crippen LogP contribution is -2.48. The molecule has 4 rings (SSSR count). The number of anilines is 1. The zero-order valence-electron chi connectivity index (χ0n) is 12.9. The van der Waals surface area contributed by atoms with Gasteiger partial charge in [-0.1, -0.05) is 11.3 Å². The normalized spacial score (nSPS) is 15.0. The lowest BCUT2D eigenvalue weighted by molar-refractivity contribution is 0.0746. The van der Waals surface area contributed by atoms with Crippen LogP contribution < -0.4 is 4.90 Å². The first-order valence-corrected chi connectivity index (χ1v) is 8.53. The summed E-state index contributed by atoms with van der Waals surface area (Å²) < 4.78 is 14.2. The van der Waals surface area contributed by atoms with E-state index >= 15 is 0 Å². The van der Waals surface area contributed by atoms with Crippen molar-refractivity contribution in [2.24, 2.45) is 0 Å². The van der Waals surface area contributed by atoms with Crippen molar-refractivity contribution in [2.45, 2.75) is 0 Å². The van der Waals surface area contributed by atoms with E-state index in [4.69, 9.17) is 0 Å². The fourth-order valence-electron chi connectivity index (χ4n) is 2.80. The smallest absolute Gasteiger partial charge is 0.254 e. The largest absolute Gasteiger partial charge is 0.345 e. The van der Waals surface area contributed by atoms with E-state index in [1.54, 1.807) is 30.6 Å². The molecule has 1 fully saturated rings. The van der Waals surface area contributed by atoms with Gasteiger partial charge in [0.2, 0.25) is 0 Å². The molecule has 1 amide bonds. The SMILES string of the molecule is O=C(c1ccncc1)N1CCN(c2nc3ccc(F)cc3s2)CC1. The van der Waals surface area contributed by atoms with E-state index < -0.39 is 0 Å². The molecular formula is C17H15FN4OS. The summed E-state index contributed by atoms with van der Waals surface area (Å²) in [5, 5.41) is 0.881. The lowest BCUT2D eigenvalue weighted by atomic mass is 10.2. The summed E-state index contributed by atoms with van der Waals surface area (Å²) in [6.45, 7) is 2.73. The highest BCUT2D eigenvalue weighted by molar-refractivity contribution is 7.22. The molecule has 0 atom stereocenters. The Hall–Kier alpha value is -2.54.